The first-order chi connectivity index (χ1) is 4.57. The molecule has 0 bridgehead atoms. The number of halogens is 1. The van der Waals surface area contributed by atoms with Crippen LogP contribution in [0.15, 0.2) is 0 Å². The maximum atomic E-state index is 5.57. The molecule has 0 aliphatic carbocycles. The number of hydrogen-bond acceptors (Lipinski definition) is 0. The molecule has 0 unspecified atom stereocenters. The lowest BCUT2D eigenvalue weighted by molar-refractivity contribution is -0.477. The Morgan fingerprint density at radius 1 is 1.60 bits per heavy atom. The van der Waals surface area contributed by atoms with Crippen LogP contribution in [0, 0.1) is 0 Å². The van der Waals surface area contributed by atoms with Crippen LogP contribution in [0.3, 0.4) is 0 Å². The van der Waals surface area contributed by atoms with Gasteiger partial charge in [-0.1, -0.05) is 11.6 Å². The third-order valence-electron chi connectivity index (χ3n) is 1.38. The lowest BCUT2D eigenvalue weighted by Gasteiger charge is -2.11. The summed E-state index contributed by atoms with van der Waals surface area (Å²) in [6.07, 6.45) is 2.00. The summed E-state index contributed by atoms with van der Waals surface area (Å²) in [5.74, 6) is 0. The Kier molecular flexibility index (Phi) is 4.45. The molecular formula is C7H16ClN2+. The van der Waals surface area contributed by atoms with Crippen molar-refractivity contribution in [3.8, 4) is 0 Å². The van der Waals surface area contributed by atoms with Gasteiger partial charge in [-0.3, -0.25) is 9.48 Å². The summed E-state index contributed by atoms with van der Waals surface area (Å²) < 4.78 is 1.93. The summed E-state index contributed by atoms with van der Waals surface area (Å²) in [4.78, 5) is 2.11. The lowest BCUT2D eigenvalue weighted by atomic mass is 10.4. The van der Waals surface area contributed by atoms with E-state index in [9.17, 15) is 0 Å². The van der Waals surface area contributed by atoms with Crippen LogP contribution in [0.2, 0.25) is 0 Å². The molecule has 0 aromatic rings. The van der Waals surface area contributed by atoms with Gasteiger partial charge in [0, 0.05) is 0 Å². The molecule has 0 saturated heterocycles. The van der Waals surface area contributed by atoms with Crippen molar-refractivity contribution < 1.29 is 4.58 Å². The molecule has 0 spiro atoms. The summed E-state index contributed by atoms with van der Waals surface area (Å²) in [7, 11) is 3.99. The molecular weight excluding hydrogens is 148 g/mol. The normalized spacial score (nSPS) is 12.4. The fourth-order valence-electron chi connectivity index (χ4n) is 0.475. The zero-order valence-electron chi connectivity index (χ0n) is 7.13. The first kappa shape index (κ1) is 9.76. The molecule has 0 radical (unpaired) electrons. The van der Waals surface area contributed by atoms with Crippen LogP contribution in [0.1, 0.15) is 13.8 Å². The highest BCUT2D eigenvalue weighted by molar-refractivity contribution is 6.16. The van der Waals surface area contributed by atoms with Crippen molar-refractivity contribution in [3.05, 3.63) is 0 Å². The van der Waals surface area contributed by atoms with Crippen LogP contribution in [-0.4, -0.2) is 42.0 Å². The standard InChI is InChI=1S/C7H16ClN2/c1-7(2)10(4)6-9(3)5-8/h6-7H,5H2,1-4H3/q+1. The highest BCUT2D eigenvalue weighted by Gasteiger charge is 2.04. The Balaban J connectivity index is 3.86. The maximum absolute atomic E-state index is 5.57. The molecule has 0 aromatic heterocycles. The summed E-state index contributed by atoms with van der Waals surface area (Å²) in [5, 5.41) is 0. The topological polar surface area (TPSA) is 6.25 Å². The molecule has 3 heteroatoms. The van der Waals surface area contributed by atoms with E-state index >= 15 is 0 Å². The van der Waals surface area contributed by atoms with E-state index in [-0.39, 0.29) is 0 Å². The molecule has 0 aromatic carbocycles. The average molecular weight is 164 g/mol. The molecule has 0 heterocycles. The van der Waals surface area contributed by atoms with Crippen molar-refractivity contribution in [2.75, 3.05) is 20.1 Å². The Morgan fingerprint density at radius 3 is 2.40 bits per heavy atom. The average Bonchev–Trinajstić information content (AvgIpc) is 1.87. The van der Waals surface area contributed by atoms with Crippen LogP contribution < -0.4 is 0 Å². The van der Waals surface area contributed by atoms with E-state index in [1.807, 2.05) is 25.0 Å². The number of alkyl halides is 1. The van der Waals surface area contributed by atoms with E-state index in [1.165, 1.54) is 0 Å². The third kappa shape index (κ3) is 3.72. The smallest absolute Gasteiger partial charge is 0.234 e. The molecule has 60 valence electrons. The molecule has 0 aliphatic rings. The van der Waals surface area contributed by atoms with Crippen LogP contribution in [0.4, 0.5) is 0 Å². The molecule has 10 heavy (non-hydrogen) atoms. The predicted molar refractivity (Wildman–Crippen MR) is 45.9 cm³/mol. The van der Waals surface area contributed by atoms with Gasteiger partial charge in [-0.05, 0) is 13.8 Å². The zero-order valence-corrected chi connectivity index (χ0v) is 7.89. The molecule has 0 N–H and O–H groups in total. The van der Waals surface area contributed by atoms with E-state index in [0.29, 0.717) is 12.0 Å². The van der Waals surface area contributed by atoms with Gasteiger partial charge >= 0.3 is 0 Å². The molecule has 0 aliphatic heterocycles. The van der Waals surface area contributed by atoms with Gasteiger partial charge in [0.1, 0.15) is 0 Å². The lowest BCUT2D eigenvalue weighted by Crippen LogP contribution is -2.28. The Labute approximate surface area is 68.1 Å². The maximum Gasteiger partial charge on any atom is 0.234 e. The molecule has 0 rings (SSSR count). The van der Waals surface area contributed by atoms with Crippen molar-refractivity contribution in [3.63, 3.8) is 0 Å². The van der Waals surface area contributed by atoms with Crippen molar-refractivity contribution in [2.24, 2.45) is 0 Å². The first-order valence-corrected chi connectivity index (χ1v) is 3.94. The van der Waals surface area contributed by atoms with E-state index in [0.717, 1.165) is 0 Å². The highest BCUT2D eigenvalue weighted by Crippen LogP contribution is 1.88. The second kappa shape index (κ2) is 4.56. The molecule has 0 fully saturated rings. The van der Waals surface area contributed by atoms with Gasteiger partial charge < -0.3 is 0 Å². The van der Waals surface area contributed by atoms with E-state index in [4.69, 9.17) is 11.6 Å². The summed E-state index contributed by atoms with van der Waals surface area (Å²) in [5.41, 5.74) is 0. The minimum Gasteiger partial charge on any atom is -0.269 e. The van der Waals surface area contributed by atoms with Gasteiger partial charge in [-0.2, -0.15) is 0 Å². The predicted octanol–water partition coefficient (Wildman–Crippen LogP) is 1.19. The van der Waals surface area contributed by atoms with Crippen molar-refractivity contribution in [1.29, 1.82) is 0 Å². The number of rotatable bonds is 3. The van der Waals surface area contributed by atoms with Crippen molar-refractivity contribution >= 4 is 17.9 Å². The fourth-order valence-corrected chi connectivity index (χ4v) is 0.537. The fraction of sp³-hybridized carbons (Fsp3) is 0.857. The van der Waals surface area contributed by atoms with Crippen LogP contribution >= 0.6 is 11.6 Å². The van der Waals surface area contributed by atoms with E-state index in [1.54, 1.807) is 0 Å². The van der Waals surface area contributed by atoms with Gasteiger partial charge in [0.2, 0.25) is 6.34 Å². The summed E-state index contributed by atoms with van der Waals surface area (Å²) in [6, 6.07) is 1.07. The minimum absolute atomic E-state index is 0.533. The van der Waals surface area contributed by atoms with Gasteiger partial charge in [-0.25, -0.2) is 0 Å². The summed E-state index contributed by atoms with van der Waals surface area (Å²) >= 11 is 5.57. The molecule has 2 nitrogen and oxygen atoms in total. The van der Waals surface area contributed by atoms with Gasteiger partial charge in [0.05, 0.1) is 20.1 Å². The number of nitrogens with zero attached hydrogens (tertiary/aromatic N) is 2. The number of hydrogen-bond donors (Lipinski definition) is 0. The molecule has 0 atom stereocenters. The van der Waals surface area contributed by atoms with Gasteiger partial charge in [0.15, 0.2) is 6.00 Å². The van der Waals surface area contributed by atoms with Crippen LogP contribution in [0.25, 0.3) is 0 Å². The van der Waals surface area contributed by atoms with E-state index in [2.05, 4.69) is 18.7 Å². The molecule has 0 saturated carbocycles. The van der Waals surface area contributed by atoms with Crippen molar-refractivity contribution in [2.45, 2.75) is 19.9 Å². The third-order valence-corrected chi connectivity index (χ3v) is 1.76. The largest absolute Gasteiger partial charge is 0.269 e. The Morgan fingerprint density at radius 2 is 2.10 bits per heavy atom. The second-order valence-corrected chi connectivity index (χ2v) is 2.99. The van der Waals surface area contributed by atoms with Gasteiger partial charge in [-0.15, -0.1) is 0 Å². The SMILES string of the molecule is CC(C)N(C)C=[N+](C)CCl. The highest BCUT2D eigenvalue weighted by atomic mass is 35.5. The Bertz CT molecular complexity index is 121. The first-order valence-electron chi connectivity index (χ1n) is 3.41. The van der Waals surface area contributed by atoms with Gasteiger partial charge in [0.25, 0.3) is 0 Å². The van der Waals surface area contributed by atoms with Crippen molar-refractivity contribution in [1.82, 2.24) is 4.90 Å². The quantitative estimate of drug-likeness (QED) is 0.199. The van der Waals surface area contributed by atoms with Crippen LogP contribution in [-0.2, 0) is 0 Å². The Hall–Kier alpha value is -0.240. The van der Waals surface area contributed by atoms with E-state index < -0.39 is 0 Å². The molecule has 0 amide bonds. The van der Waals surface area contributed by atoms with Crippen LogP contribution in [0.5, 0.6) is 0 Å². The minimum atomic E-state index is 0.533. The second-order valence-electron chi connectivity index (χ2n) is 2.75. The monoisotopic (exact) mass is 163 g/mol. The summed E-state index contributed by atoms with van der Waals surface area (Å²) in [6.45, 7) is 4.27. The zero-order chi connectivity index (χ0) is 8.15.